The zero-order valence-corrected chi connectivity index (χ0v) is 6.99. The third-order valence-corrected chi connectivity index (χ3v) is 2.77. The second-order valence-electron chi connectivity index (χ2n) is 2.56. The highest BCUT2D eigenvalue weighted by atomic mass is 32.2. The summed E-state index contributed by atoms with van der Waals surface area (Å²) in [4.78, 5) is 0. The van der Waals surface area contributed by atoms with Crippen LogP contribution in [0.1, 0.15) is 17.0 Å². The summed E-state index contributed by atoms with van der Waals surface area (Å²) < 4.78 is 5.13. The molecule has 0 bridgehead atoms. The predicted octanol–water partition coefficient (Wildman–Crippen LogP) is 0.923. The van der Waals surface area contributed by atoms with E-state index in [1.165, 1.54) is 5.56 Å². The molecule has 1 aliphatic heterocycles. The Hall–Kier alpha value is -0.480. The van der Waals surface area contributed by atoms with Crippen molar-refractivity contribution < 1.29 is 4.52 Å². The van der Waals surface area contributed by atoms with Crippen molar-refractivity contribution in [3.8, 4) is 0 Å². The molecule has 0 fully saturated rings. The van der Waals surface area contributed by atoms with Gasteiger partial charge in [0.1, 0.15) is 0 Å². The predicted molar refractivity (Wildman–Crippen MR) is 44.3 cm³/mol. The van der Waals surface area contributed by atoms with Gasteiger partial charge in [0, 0.05) is 17.7 Å². The van der Waals surface area contributed by atoms with E-state index in [0.717, 1.165) is 29.4 Å². The van der Waals surface area contributed by atoms with Gasteiger partial charge in [-0.3, -0.25) is 0 Å². The smallest absolute Gasteiger partial charge is 0.150 e. The first-order chi connectivity index (χ1) is 5.42. The highest BCUT2D eigenvalue weighted by Crippen LogP contribution is 2.31. The van der Waals surface area contributed by atoms with E-state index in [9.17, 15) is 0 Å². The van der Waals surface area contributed by atoms with Crippen molar-refractivity contribution in [2.75, 3.05) is 6.54 Å². The Morgan fingerprint density at radius 3 is 3.27 bits per heavy atom. The quantitative estimate of drug-likeness (QED) is 0.717. The first-order valence-electron chi connectivity index (χ1n) is 3.66. The van der Waals surface area contributed by atoms with Gasteiger partial charge in [-0.1, -0.05) is 5.16 Å². The molecule has 1 aromatic heterocycles. The van der Waals surface area contributed by atoms with Gasteiger partial charge in [-0.25, -0.2) is 0 Å². The van der Waals surface area contributed by atoms with Crippen molar-refractivity contribution >= 4 is 11.8 Å². The summed E-state index contributed by atoms with van der Waals surface area (Å²) >= 11 is 1.87. The lowest BCUT2D eigenvalue weighted by Crippen LogP contribution is -2.04. The molecule has 0 radical (unpaired) electrons. The number of nitrogens with two attached hydrogens (primary N) is 1. The Morgan fingerprint density at radius 1 is 1.55 bits per heavy atom. The molecule has 1 aliphatic rings. The zero-order valence-electron chi connectivity index (χ0n) is 6.17. The van der Waals surface area contributed by atoms with E-state index < -0.39 is 0 Å². The van der Waals surface area contributed by atoms with Crippen molar-refractivity contribution in [3.63, 3.8) is 0 Å². The average molecular weight is 170 g/mol. The van der Waals surface area contributed by atoms with E-state index in [4.69, 9.17) is 10.3 Å². The Balaban J connectivity index is 2.27. The van der Waals surface area contributed by atoms with Crippen LogP contribution < -0.4 is 5.73 Å². The van der Waals surface area contributed by atoms with E-state index in [0.29, 0.717) is 6.54 Å². The molecule has 2 N–H and O–H groups in total. The largest absolute Gasteiger partial charge is 0.360 e. The fraction of sp³-hybridized carbons (Fsp3) is 0.571. The molecule has 0 amide bonds. The number of aromatic nitrogens is 1. The molecule has 3 nitrogen and oxygen atoms in total. The summed E-state index contributed by atoms with van der Waals surface area (Å²) in [6, 6.07) is 0. The van der Waals surface area contributed by atoms with Crippen molar-refractivity contribution in [1.29, 1.82) is 0 Å². The van der Waals surface area contributed by atoms with Crippen LogP contribution in [0, 0.1) is 0 Å². The number of fused-ring (bicyclic) bond motifs is 1. The lowest BCUT2D eigenvalue weighted by atomic mass is 10.2. The third-order valence-electron chi connectivity index (χ3n) is 1.81. The van der Waals surface area contributed by atoms with Gasteiger partial charge in [-0.15, -0.1) is 11.8 Å². The van der Waals surface area contributed by atoms with Crippen LogP contribution in [0.3, 0.4) is 0 Å². The number of hydrogen-bond acceptors (Lipinski definition) is 4. The summed E-state index contributed by atoms with van der Waals surface area (Å²) in [5.74, 6) is 3.08. The highest BCUT2D eigenvalue weighted by molar-refractivity contribution is 7.98. The molecule has 0 saturated heterocycles. The number of nitrogens with zero attached hydrogens (tertiary/aromatic N) is 1. The maximum atomic E-state index is 5.43. The van der Waals surface area contributed by atoms with Crippen molar-refractivity contribution in [2.24, 2.45) is 5.73 Å². The summed E-state index contributed by atoms with van der Waals surface area (Å²) in [5, 5.41) is 3.96. The SMILES string of the molecule is NCCc1noc2c1CSC2. The van der Waals surface area contributed by atoms with E-state index in [1.54, 1.807) is 0 Å². The molecule has 0 spiro atoms. The van der Waals surface area contributed by atoms with E-state index in [1.807, 2.05) is 11.8 Å². The minimum absolute atomic E-state index is 0.656. The lowest BCUT2D eigenvalue weighted by Gasteiger charge is -1.91. The second-order valence-corrected chi connectivity index (χ2v) is 3.55. The molecule has 0 aromatic carbocycles. The van der Waals surface area contributed by atoms with Crippen molar-refractivity contribution in [2.45, 2.75) is 17.9 Å². The van der Waals surface area contributed by atoms with Crippen LogP contribution >= 0.6 is 11.8 Å². The molecule has 2 rings (SSSR count). The van der Waals surface area contributed by atoms with Crippen LogP contribution in [0.15, 0.2) is 4.52 Å². The molecule has 0 atom stereocenters. The molecule has 11 heavy (non-hydrogen) atoms. The van der Waals surface area contributed by atoms with Crippen molar-refractivity contribution in [3.05, 3.63) is 17.0 Å². The van der Waals surface area contributed by atoms with Crippen LogP contribution in [0.5, 0.6) is 0 Å². The Labute approximate surface area is 69.3 Å². The first-order valence-corrected chi connectivity index (χ1v) is 4.81. The summed E-state index contributed by atoms with van der Waals surface area (Å²) in [7, 11) is 0. The fourth-order valence-electron chi connectivity index (χ4n) is 1.24. The highest BCUT2D eigenvalue weighted by Gasteiger charge is 2.20. The van der Waals surface area contributed by atoms with Gasteiger partial charge in [-0.2, -0.15) is 0 Å². The number of rotatable bonds is 2. The molecule has 0 unspecified atom stereocenters. The van der Waals surface area contributed by atoms with E-state index in [2.05, 4.69) is 5.16 Å². The van der Waals surface area contributed by atoms with Gasteiger partial charge in [0.05, 0.1) is 11.4 Å². The first kappa shape index (κ1) is 7.18. The monoisotopic (exact) mass is 170 g/mol. The molecule has 1 aromatic rings. The van der Waals surface area contributed by atoms with Crippen LogP contribution in [0.25, 0.3) is 0 Å². The Bertz CT molecular complexity index is 259. The number of hydrogen-bond donors (Lipinski definition) is 1. The normalized spacial score (nSPS) is 15.4. The van der Waals surface area contributed by atoms with Crippen LogP contribution in [0.2, 0.25) is 0 Å². The Kier molecular flexibility index (Phi) is 1.87. The maximum Gasteiger partial charge on any atom is 0.150 e. The third kappa shape index (κ3) is 1.16. The summed E-state index contributed by atoms with van der Waals surface area (Å²) in [6.45, 7) is 0.656. The minimum Gasteiger partial charge on any atom is -0.360 e. The van der Waals surface area contributed by atoms with Gasteiger partial charge in [-0.05, 0) is 6.54 Å². The number of thioether (sulfide) groups is 1. The van der Waals surface area contributed by atoms with Gasteiger partial charge < -0.3 is 10.3 Å². The van der Waals surface area contributed by atoms with Gasteiger partial charge >= 0.3 is 0 Å². The molecular weight excluding hydrogens is 160 g/mol. The van der Waals surface area contributed by atoms with Gasteiger partial charge in [0.15, 0.2) is 5.76 Å². The average Bonchev–Trinajstić information content (AvgIpc) is 2.53. The van der Waals surface area contributed by atoms with Crippen molar-refractivity contribution in [1.82, 2.24) is 5.16 Å². The molecule has 2 heterocycles. The Morgan fingerprint density at radius 2 is 2.45 bits per heavy atom. The van der Waals surface area contributed by atoms with Gasteiger partial charge in [0.25, 0.3) is 0 Å². The topological polar surface area (TPSA) is 52.0 Å². The molecule has 0 saturated carbocycles. The zero-order chi connectivity index (χ0) is 7.68. The summed E-state index contributed by atoms with van der Waals surface area (Å²) in [6.07, 6.45) is 0.847. The van der Waals surface area contributed by atoms with Crippen LogP contribution in [0.4, 0.5) is 0 Å². The molecule has 0 aliphatic carbocycles. The standard InChI is InChI=1S/C7H10N2OS/c8-2-1-6-5-3-11-4-7(5)10-9-6/h1-4,8H2. The lowest BCUT2D eigenvalue weighted by molar-refractivity contribution is 0.388. The fourth-order valence-corrected chi connectivity index (χ4v) is 2.28. The van der Waals surface area contributed by atoms with E-state index >= 15 is 0 Å². The van der Waals surface area contributed by atoms with Crippen LogP contribution in [-0.4, -0.2) is 11.7 Å². The van der Waals surface area contributed by atoms with E-state index in [-0.39, 0.29) is 0 Å². The summed E-state index contributed by atoms with van der Waals surface area (Å²) in [5.41, 5.74) is 7.78. The second kappa shape index (κ2) is 2.87. The molecular formula is C7H10N2OS. The van der Waals surface area contributed by atoms with Crippen LogP contribution in [-0.2, 0) is 17.9 Å². The minimum atomic E-state index is 0.656. The molecule has 4 heteroatoms. The maximum absolute atomic E-state index is 5.43. The van der Waals surface area contributed by atoms with Gasteiger partial charge in [0.2, 0.25) is 0 Å². The molecule has 60 valence electrons.